The predicted octanol–water partition coefficient (Wildman–Crippen LogP) is -3.88. The van der Waals surface area contributed by atoms with E-state index in [1.807, 2.05) is 0 Å². The molecule has 0 radical (unpaired) electrons. The summed E-state index contributed by atoms with van der Waals surface area (Å²) in [4.78, 5) is 63.7. The van der Waals surface area contributed by atoms with Crippen molar-refractivity contribution in [2.45, 2.75) is 173 Å². The molecule has 0 amide bonds. The minimum atomic E-state index is -2.37. The van der Waals surface area contributed by atoms with Gasteiger partial charge in [0.15, 0.2) is 59.1 Å². The highest BCUT2D eigenvalue weighted by Gasteiger charge is 2.55. The van der Waals surface area contributed by atoms with Gasteiger partial charge in [-0.15, -0.1) is 0 Å². The van der Waals surface area contributed by atoms with Crippen molar-refractivity contribution in [2.75, 3.05) is 26.4 Å². The summed E-state index contributed by atoms with van der Waals surface area (Å²) in [6, 6.07) is 16.0. The van der Waals surface area contributed by atoms with Crippen LogP contribution < -0.4 is 18.9 Å². The van der Waals surface area contributed by atoms with Crippen LogP contribution in [0.25, 0.3) is 24.3 Å². The van der Waals surface area contributed by atoms with Gasteiger partial charge in [-0.3, -0.25) is 9.59 Å². The molecule has 22 N–H and O–H groups in total. The van der Waals surface area contributed by atoms with Crippen LogP contribution in [-0.2, 0) is 76.1 Å². The number of benzene rings is 5. The first-order chi connectivity index (χ1) is 55.5. The first kappa shape index (κ1) is 87.1. The van der Waals surface area contributed by atoms with E-state index in [9.17, 15) is 131 Å². The quantitative estimate of drug-likeness (QED) is 0.00786. The number of fused-ring (bicyclic) bond motifs is 1. The lowest BCUT2D eigenvalue weighted by atomic mass is 9.96. The lowest BCUT2D eigenvalue weighted by molar-refractivity contribution is -0.353. The molecule has 26 atom stereocenters. The van der Waals surface area contributed by atoms with E-state index < -0.39 is 291 Å². The molecule has 5 aromatic rings. The third-order valence-electron chi connectivity index (χ3n) is 19.0. The van der Waals surface area contributed by atoms with Gasteiger partial charge in [-0.25, -0.2) is 14.4 Å². The Balaban J connectivity index is 0.995. The van der Waals surface area contributed by atoms with E-state index in [-0.39, 0.29) is 22.4 Å². The van der Waals surface area contributed by atoms with E-state index >= 15 is 0 Å². The molecule has 6 aliphatic heterocycles. The number of carboxylic acids is 1. The summed E-state index contributed by atoms with van der Waals surface area (Å²) >= 11 is 0. The average Bonchev–Trinajstić information content (AvgIpc) is 0.754. The van der Waals surface area contributed by atoms with Crippen LogP contribution in [0.2, 0.25) is 0 Å². The van der Waals surface area contributed by atoms with E-state index in [1.54, 1.807) is 0 Å². The Morgan fingerprint density at radius 1 is 0.419 bits per heavy atom. The van der Waals surface area contributed by atoms with Crippen molar-refractivity contribution in [3.63, 3.8) is 0 Å². The van der Waals surface area contributed by atoms with Gasteiger partial charge in [-0.2, -0.15) is 0 Å². The van der Waals surface area contributed by atoms with Gasteiger partial charge in [-0.1, -0.05) is 24.3 Å². The third kappa shape index (κ3) is 20.6. The number of aliphatic carboxylic acids is 1. The summed E-state index contributed by atoms with van der Waals surface area (Å²) in [5, 5.41) is 239. The second kappa shape index (κ2) is 37.6. The normalized spacial score (nSPS) is 32.4. The lowest BCUT2D eigenvalue weighted by Crippen LogP contribution is -2.64. The molecule has 5 fully saturated rings. The number of carbonyl (C=O) groups is 5. The number of rotatable bonds is 27. The number of esters is 4. The third-order valence-corrected chi connectivity index (χ3v) is 19.0. The van der Waals surface area contributed by atoms with Crippen molar-refractivity contribution in [3.05, 3.63) is 137 Å². The molecule has 6 heterocycles. The van der Waals surface area contributed by atoms with E-state index in [0.717, 1.165) is 85.0 Å². The fraction of sp³-hybridized carbons (Fsp3) is 0.427. The zero-order valence-electron chi connectivity index (χ0n) is 60.7. The van der Waals surface area contributed by atoms with Crippen molar-refractivity contribution >= 4 is 54.2 Å². The number of carbonyl (C=O) groups excluding carboxylic acids is 4. The van der Waals surface area contributed by atoms with Crippen LogP contribution in [0.15, 0.2) is 109 Å². The largest absolute Gasteiger partial charge is 0.508 e. The minimum absolute atomic E-state index is 0.144. The number of aliphatic hydroxyl groups excluding tert-OH is 14. The molecule has 117 heavy (non-hydrogen) atoms. The summed E-state index contributed by atoms with van der Waals surface area (Å²) < 4.78 is 88.1. The number of phenolic OH excluding ortho intramolecular Hbond substituents is 7. The molecule has 5 saturated heterocycles. The number of carboxylic acid groups (broad SMARTS) is 1. The summed E-state index contributed by atoms with van der Waals surface area (Å²) in [5.41, 5.74) is -0.143. The SMILES string of the molecule is C[C@@H]1O[C@H](OC2=Cc3c(cc(O)cc3O[C@H]3O[C@@H](COC(=O)CC(=O)O)[C@H](O)[C@@H](O)[C@@H]3O)OC2c2cc(O[C@H]3O[C@@H](COC(=O)C=Cc4ccc(O)c(O)c4)[C@H](O)[C@@H](O)[C@@H]3O)c(O)c(O[C@H]3O[C@@H](COC(=O)C=Cc4ccc(O)c(O)c4)[C@H](O)[C@@H](O)[C@@H]3O)c2)[C@@H](O)[C@H](OC(=O)C=Cc2ccc(O)cc2)[C@H]1O[C@H]1O[C@@H](CO)[C@H](O)[C@@H](O)[C@@H]1O. The first-order valence-corrected chi connectivity index (χ1v) is 35.5. The molecule has 0 bridgehead atoms. The van der Waals surface area contributed by atoms with Crippen molar-refractivity contribution in [3.8, 4) is 63.2 Å². The van der Waals surface area contributed by atoms with Gasteiger partial charge < -0.3 is 183 Å². The molecule has 11 rings (SSSR count). The van der Waals surface area contributed by atoms with Gasteiger partial charge in [-0.05, 0) is 96.4 Å². The molecule has 0 saturated carbocycles. The van der Waals surface area contributed by atoms with E-state index in [0.29, 0.717) is 5.56 Å². The van der Waals surface area contributed by atoms with Gasteiger partial charge in [0.25, 0.3) is 0 Å². The van der Waals surface area contributed by atoms with Crippen LogP contribution in [0.4, 0.5) is 0 Å². The van der Waals surface area contributed by atoms with Crippen LogP contribution in [0.5, 0.6) is 63.2 Å². The summed E-state index contributed by atoms with van der Waals surface area (Å²) in [5.74, 6) is -14.2. The highest BCUT2D eigenvalue weighted by molar-refractivity contribution is 5.90. The monoisotopic (exact) mass is 1650 g/mol. The Morgan fingerprint density at radius 2 is 0.855 bits per heavy atom. The summed E-state index contributed by atoms with van der Waals surface area (Å²) in [7, 11) is 0. The number of phenols is 7. The predicted molar refractivity (Wildman–Crippen MR) is 379 cm³/mol. The number of hydrogen-bond acceptors (Lipinski definition) is 41. The standard InChI is InChI=1S/C75H82O42/c1-28-68(117-74-66(101)59(94)55(90)45(24-76)112-74)70(116-52(87)15-6-29-2-9-33(77)10-3-29)67(102)75(106-28)111-44-22-35-40(20-34(78)21-41(35)108-71-63(98)60(95)58(93)48(113-71)27-105-53(88)23-49(83)84)107-69(44)32-18-42(109-72-64(99)61(96)56(91)46(114-72)25-103-50(85)13-7-30-4-11-36(79)38(81)16-30)54(89)43(19-32)110-73-65(100)62(97)57(92)47(115-73)26-104-51(86)14-8-31-5-12-37(80)39(82)17-31/h2-22,28,45-48,55-82,89-102H,23-27H2,1H3,(H,83,84)/t28-,45-,46-,47-,48-,55-,56-,57-,58-,59+,60+,61+,62+,63-,64-,65-,66-,67-,68-,69?,70-,71-,72-,73-,74+,75+/m0/s1. The number of aliphatic hydroxyl groups is 14. The zero-order chi connectivity index (χ0) is 84.7. The van der Waals surface area contributed by atoms with Gasteiger partial charge in [0.05, 0.1) is 18.3 Å². The number of ether oxygens (including phenoxy) is 15. The van der Waals surface area contributed by atoms with Crippen molar-refractivity contribution < 1.29 is 207 Å². The van der Waals surface area contributed by atoms with Crippen molar-refractivity contribution in [2.24, 2.45) is 0 Å². The fourth-order valence-electron chi connectivity index (χ4n) is 12.6. The van der Waals surface area contributed by atoms with E-state index in [4.69, 9.17) is 76.2 Å². The molecule has 0 spiro atoms. The lowest BCUT2D eigenvalue weighted by Gasteiger charge is -2.46. The first-order valence-electron chi connectivity index (χ1n) is 35.5. The van der Waals surface area contributed by atoms with Crippen LogP contribution in [0.3, 0.4) is 0 Å². The molecule has 634 valence electrons. The molecule has 5 aromatic carbocycles. The van der Waals surface area contributed by atoms with Gasteiger partial charge >= 0.3 is 29.8 Å². The maximum atomic E-state index is 14.0. The molecule has 0 aliphatic carbocycles. The fourth-order valence-corrected chi connectivity index (χ4v) is 12.6. The molecular formula is C75H82O42. The molecule has 0 aromatic heterocycles. The van der Waals surface area contributed by atoms with Gasteiger partial charge in [0.2, 0.25) is 30.9 Å². The van der Waals surface area contributed by atoms with Crippen molar-refractivity contribution in [1.82, 2.24) is 0 Å². The Bertz CT molecular complexity index is 4340. The average molecular weight is 1660 g/mol. The van der Waals surface area contributed by atoms with Crippen LogP contribution in [0, 0.1) is 0 Å². The molecule has 42 heteroatoms. The highest BCUT2D eigenvalue weighted by Crippen LogP contribution is 2.50. The Labute approximate surface area is 658 Å². The van der Waals surface area contributed by atoms with Crippen LogP contribution in [0.1, 0.15) is 47.3 Å². The minimum Gasteiger partial charge on any atom is -0.508 e. The smallest absolute Gasteiger partial charge is 0.331 e. The van der Waals surface area contributed by atoms with Gasteiger partial charge in [0.1, 0.15) is 159 Å². The molecule has 6 aliphatic rings. The van der Waals surface area contributed by atoms with Crippen LogP contribution in [-0.4, -0.2) is 322 Å². The van der Waals surface area contributed by atoms with E-state index in [2.05, 4.69) is 0 Å². The molecule has 42 nitrogen and oxygen atoms in total. The Hall–Kier alpha value is -10.8. The van der Waals surface area contributed by atoms with Gasteiger partial charge in [0, 0.05) is 35.9 Å². The zero-order valence-corrected chi connectivity index (χ0v) is 60.7. The second-order valence-corrected chi connectivity index (χ2v) is 27.3. The number of hydrogen-bond donors (Lipinski definition) is 22. The summed E-state index contributed by atoms with van der Waals surface area (Å²) in [6.45, 7) is -2.52. The Morgan fingerprint density at radius 3 is 1.34 bits per heavy atom. The maximum Gasteiger partial charge on any atom is 0.331 e. The second-order valence-electron chi connectivity index (χ2n) is 27.3. The highest BCUT2D eigenvalue weighted by atomic mass is 16.8. The number of aromatic hydroxyl groups is 7. The topological polar surface area (TPSA) is 669 Å². The molecular weight excluding hydrogens is 1570 g/mol. The van der Waals surface area contributed by atoms with E-state index in [1.165, 1.54) is 49.4 Å². The maximum absolute atomic E-state index is 14.0. The van der Waals surface area contributed by atoms with Crippen LogP contribution >= 0.6 is 0 Å². The van der Waals surface area contributed by atoms with Crippen molar-refractivity contribution in [1.29, 1.82) is 0 Å². The summed E-state index contributed by atoms with van der Waals surface area (Å²) in [6.07, 6.45) is -47.9. The molecule has 1 unspecified atom stereocenters. The Kier molecular flexibility index (Phi) is 28.0.